The predicted octanol–water partition coefficient (Wildman–Crippen LogP) is 4.31. The summed E-state index contributed by atoms with van der Waals surface area (Å²) < 4.78 is 5.12. The third kappa shape index (κ3) is 4.62. The van der Waals surface area contributed by atoms with Crippen molar-refractivity contribution in [3.8, 4) is 5.75 Å². The number of hydrogen-bond acceptors (Lipinski definition) is 5. The van der Waals surface area contributed by atoms with Crippen molar-refractivity contribution in [2.45, 2.75) is 0 Å². The van der Waals surface area contributed by atoms with Gasteiger partial charge in [-0.3, -0.25) is 19.3 Å². The number of amides is 3. The van der Waals surface area contributed by atoms with Gasteiger partial charge in [0.05, 0.1) is 12.0 Å². The van der Waals surface area contributed by atoms with Gasteiger partial charge in [-0.25, -0.2) is 0 Å². The lowest BCUT2D eigenvalue weighted by Crippen LogP contribution is -2.37. The highest BCUT2D eigenvalue weighted by Crippen LogP contribution is 2.32. The van der Waals surface area contributed by atoms with Crippen LogP contribution in [0.3, 0.4) is 0 Å². The third-order valence-electron chi connectivity index (χ3n) is 4.92. The molecule has 0 saturated carbocycles. The summed E-state index contributed by atoms with van der Waals surface area (Å²) in [5, 5.41) is 4.47. The summed E-state index contributed by atoms with van der Waals surface area (Å²) in [4.78, 5) is 38.9. The molecule has 31 heavy (non-hydrogen) atoms. The van der Waals surface area contributed by atoms with Crippen LogP contribution in [0.5, 0.6) is 5.75 Å². The normalized spacial score (nSPS) is 15.0. The minimum Gasteiger partial charge on any atom is -0.497 e. The van der Waals surface area contributed by atoms with Gasteiger partial charge >= 0.3 is 0 Å². The monoisotopic (exact) mass is 432 g/mol. The van der Waals surface area contributed by atoms with Gasteiger partial charge in [0, 0.05) is 18.7 Å². The average molecular weight is 433 g/mol. The number of ether oxygens (including phenoxy) is 1. The molecule has 1 aliphatic rings. The molecule has 0 aliphatic carbocycles. The number of thioether (sulfide) groups is 1. The molecule has 1 fully saturated rings. The first-order chi connectivity index (χ1) is 15.0. The zero-order valence-electron chi connectivity index (χ0n) is 16.8. The molecule has 0 atom stereocenters. The van der Waals surface area contributed by atoms with Gasteiger partial charge in [0.25, 0.3) is 17.1 Å². The number of methoxy groups -OCH3 is 1. The van der Waals surface area contributed by atoms with E-state index >= 15 is 0 Å². The van der Waals surface area contributed by atoms with E-state index in [0.29, 0.717) is 16.2 Å². The van der Waals surface area contributed by atoms with Crippen LogP contribution in [0.2, 0.25) is 0 Å². The number of carbonyl (C=O) groups excluding carboxylic acids is 3. The molecule has 1 aliphatic heterocycles. The largest absolute Gasteiger partial charge is 0.497 e. The molecule has 3 amide bonds. The van der Waals surface area contributed by atoms with Gasteiger partial charge in [-0.1, -0.05) is 42.5 Å². The standard InChI is InChI=1S/C24H20N2O4S/c1-30-20-10-6-16(7-11-20)14-21-23(28)26(24(29)31-21)13-12-25-22(27)19-9-8-17-4-2-3-5-18(17)15-19/h2-11,14-15H,12-13H2,1H3,(H,25,27). The van der Waals surface area contributed by atoms with E-state index in [2.05, 4.69) is 5.32 Å². The molecule has 0 spiro atoms. The molecule has 0 radical (unpaired) electrons. The molecule has 7 heteroatoms. The number of fused-ring (bicyclic) bond motifs is 1. The van der Waals surface area contributed by atoms with Crippen LogP contribution < -0.4 is 10.1 Å². The first-order valence-electron chi connectivity index (χ1n) is 9.71. The van der Waals surface area contributed by atoms with E-state index in [9.17, 15) is 14.4 Å². The first-order valence-corrected chi connectivity index (χ1v) is 10.5. The van der Waals surface area contributed by atoms with Crippen LogP contribution >= 0.6 is 11.8 Å². The van der Waals surface area contributed by atoms with Crippen LogP contribution in [0.15, 0.2) is 71.6 Å². The lowest BCUT2D eigenvalue weighted by molar-refractivity contribution is -0.122. The van der Waals surface area contributed by atoms with Gasteiger partial charge in [-0.15, -0.1) is 0 Å². The van der Waals surface area contributed by atoms with E-state index < -0.39 is 0 Å². The van der Waals surface area contributed by atoms with Gasteiger partial charge in [0.2, 0.25) is 0 Å². The zero-order chi connectivity index (χ0) is 21.8. The molecule has 1 saturated heterocycles. The second kappa shape index (κ2) is 9.06. The third-order valence-corrected chi connectivity index (χ3v) is 5.83. The highest BCUT2D eigenvalue weighted by molar-refractivity contribution is 8.18. The molecule has 156 valence electrons. The van der Waals surface area contributed by atoms with Gasteiger partial charge in [0.15, 0.2) is 0 Å². The van der Waals surface area contributed by atoms with Crippen molar-refractivity contribution >= 4 is 45.7 Å². The van der Waals surface area contributed by atoms with E-state index in [0.717, 1.165) is 33.0 Å². The first kappa shape index (κ1) is 20.7. The maximum absolute atomic E-state index is 12.6. The van der Waals surface area contributed by atoms with Crippen molar-refractivity contribution < 1.29 is 19.1 Å². The van der Waals surface area contributed by atoms with E-state index in [1.165, 1.54) is 0 Å². The summed E-state index contributed by atoms with van der Waals surface area (Å²) >= 11 is 0.898. The Kier molecular flexibility index (Phi) is 6.04. The topological polar surface area (TPSA) is 75.7 Å². The van der Waals surface area contributed by atoms with Crippen LogP contribution in [0.4, 0.5) is 4.79 Å². The Hall–Kier alpha value is -3.58. The Balaban J connectivity index is 1.36. The quantitative estimate of drug-likeness (QED) is 0.588. The number of rotatable bonds is 6. The van der Waals surface area contributed by atoms with Gasteiger partial charge < -0.3 is 10.1 Å². The van der Waals surface area contributed by atoms with Gasteiger partial charge in [0.1, 0.15) is 5.75 Å². The molecule has 0 bridgehead atoms. The second-order valence-electron chi connectivity index (χ2n) is 6.92. The van der Waals surface area contributed by atoms with Gasteiger partial charge in [-0.2, -0.15) is 0 Å². The summed E-state index contributed by atoms with van der Waals surface area (Å²) in [5.41, 5.74) is 1.34. The fourth-order valence-corrected chi connectivity index (χ4v) is 4.12. The number of imide groups is 1. The Morgan fingerprint density at radius 3 is 2.52 bits per heavy atom. The fourth-order valence-electron chi connectivity index (χ4n) is 3.26. The van der Waals surface area contributed by atoms with Crippen LogP contribution in [0.25, 0.3) is 16.8 Å². The SMILES string of the molecule is COc1ccc(C=C2SC(=O)N(CCNC(=O)c3ccc4ccccc4c3)C2=O)cc1. The van der Waals surface area contributed by atoms with Crippen molar-refractivity contribution in [1.29, 1.82) is 0 Å². The van der Waals surface area contributed by atoms with Crippen LogP contribution in [0.1, 0.15) is 15.9 Å². The molecule has 3 aromatic carbocycles. The molecular weight excluding hydrogens is 412 g/mol. The number of hydrogen-bond donors (Lipinski definition) is 1. The summed E-state index contributed by atoms with van der Waals surface area (Å²) in [7, 11) is 1.58. The summed E-state index contributed by atoms with van der Waals surface area (Å²) in [6.45, 7) is 0.295. The van der Waals surface area contributed by atoms with Crippen molar-refractivity contribution in [2.75, 3.05) is 20.2 Å². The van der Waals surface area contributed by atoms with Crippen LogP contribution in [0, 0.1) is 0 Å². The van der Waals surface area contributed by atoms with E-state index in [1.54, 1.807) is 31.4 Å². The fraction of sp³-hybridized carbons (Fsp3) is 0.125. The van der Waals surface area contributed by atoms with Crippen molar-refractivity contribution in [2.24, 2.45) is 0 Å². The van der Waals surface area contributed by atoms with E-state index in [4.69, 9.17) is 4.74 Å². The summed E-state index contributed by atoms with van der Waals surface area (Å²) in [5.74, 6) is 0.115. The lowest BCUT2D eigenvalue weighted by atomic mass is 10.1. The van der Waals surface area contributed by atoms with E-state index in [-0.39, 0.29) is 30.1 Å². The summed E-state index contributed by atoms with van der Waals surface area (Å²) in [6.07, 6.45) is 1.68. The molecule has 3 aromatic rings. The maximum Gasteiger partial charge on any atom is 0.293 e. The molecule has 1 heterocycles. The predicted molar refractivity (Wildman–Crippen MR) is 122 cm³/mol. The molecular formula is C24H20N2O4S. The van der Waals surface area contributed by atoms with E-state index in [1.807, 2.05) is 48.5 Å². The highest BCUT2D eigenvalue weighted by atomic mass is 32.2. The number of nitrogens with one attached hydrogen (secondary N) is 1. The van der Waals surface area contributed by atoms with Crippen LogP contribution in [-0.4, -0.2) is 42.2 Å². The maximum atomic E-state index is 12.6. The Morgan fingerprint density at radius 1 is 1.03 bits per heavy atom. The smallest absolute Gasteiger partial charge is 0.293 e. The summed E-state index contributed by atoms with van der Waals surface area (Å²) in [6, 6.07) is 20.5. The molecule has 0 unspecified atom stereocenters. The molecule has 6 nitrogen and oxygen atoms in total. The molecule has 1 N–H and O–H groups in total. The molecule has 4 rings (SSSR count). The molecule has 0 aromatic heterocycles. The number of nitrogens with zero attached hydrogens (tertiary/aromatic N) is 1. The number of benzene rings is 3. The Morgan fingerprint density at radius 2 is 1.77 bits per heavy atom. The number of carbonyl (C=O) groups is 3. The van der Waals surface area contributed by atoms with Crippen LogP contribution in [-0.2, 0) is 4.79 Å². The average Bonchev–Trinajstić information content (AvgIpc) is 3.06. The van der Waals surface area contributed by atoms with Crippen molar-refractivity contribution in [3.63, 3.8) is 0 Å². The van der Waals surface area contributed by atoms with Crippen molar-refractivity contribution in [3.05, 3.63) is 82.8 Å². The minimum atomic E-state index is -0.356. The van der Waals surface area contributed by atoms with Crippen molar-refractivity contribution in [1.82, 2.24) is 10.2 Å². The highest BCUT2D eigenvalue weighted by Gasteiger charge is 2.34. The minimum absolute atomic E-state index is 0.115. The van der Waals surface area contributed by atoms with Gasteiger partial charge in [-0.05, 0) is 58.4 Å². The Labute approximate surface area is 183 Å². The Bertz CT molecular complexity index is 1190. The zero-order valence-corrected chi connectivity index (χ0v) is 17.6. The lowest BCUT2D eigenvalue weighted by Gasteiger charge is -2.13. The second-order valence-corrected chi connectivity index (χ2v) is 7.92.